The molecule has 35 heavy (non-hydrogen) atoms. The molecule has 6 heteroatoms. The first-order chi connectivity index (χ1) is 17.1. The number of ether oxygens (including phenoxy) is 1. The number of phenols is 2. The predicted octanol–water partition coefficient (Wildman–Crippen LogP) is 5.48. The Morgan fingerprint density at radius 3 is 2.43 bits per heavy atom. The van der Waals surface area contributed by atoms with E-state index < -0.39 is 6.17 Å². The minimum atomic E-state index is -0.755. The Hall–Kier alpha value is -4.32. The predicted molar refractivity (Wildman–Crippen MR) is 138 cm³/mol. The van der Waals surface area contributed by atoms with Crippen molar-refractivity contribution in [2.45, 2.75) is 24.9 Å². The Balaban J connectivity index is 1.53. The molecule has 0 saturated heterocycles. The van der Waals surface area contributed by atoms with Gasteiger partial charge in [0.25, 0.3) is 6.02 Å². The lowest BCUT2D eigenvalue weighted by atomic mass is 9.70. The summed E-state index contributed by atoms with van der Waals surface area (Å²) in [6.45, 7) is 2.30. The number of nitrogens with zero attached hydrogens (tertiary/aromatic N) is 2. The molecule has 6 nitrogen and oxygen atoms in total. The molecule has 3 unspecified atom stereocenters. The van der Waals surface area contributed by atoms with E-state index in [1.165, 1.54) is 28.8 Å². The molecular formula is C29H25N3O3. The lowest BCUT2D eigenvalue weighted by Gasteiger charge is -2.35. The highest BCUT2D eigenvalue weighted by Crippen LogP contribution is 2.48. The van der Waals surface area contributed by atoms with Crippen LogP contribution in [0.3, 0.4) is 0 Å². The number of hydrogen-bond donors (Lipinski definition) is 3. The molecule has 3 N–H and O–H groups in total. The van der Waals surface area contributed by atoms with Crippen molar-refractivity contribution >= 4 is 23.5 Å². The Morgan fingerprint density at radius 2 is 1.63 bits per heavy atom. The Kier molecular flexibility index (Phi) is 5.14. The van der Waals surface area contributed by atoms with Gasteiger partial charge in [0.1, 0.15) is 11.5 Å². The van der Waals surface area contributed by atoms with E-state index in [0.717, 1.165) is 11.1 Å². The summed E-state index contributed by atoms with van der Waals surface area (Å²) in [5.41, 5.74) is 5.96. The topological polar surface area (TPSA) is 86.4 Å². The van der Waals surface area contributed by atoms with E-state index in [1.807, 2.05) is 13.0 Å². The summed E-state index contributed by atoms with van der Waals surface area (Å²) >= 11 is 0. The first-order valence-electron chi connectivity index (χ1n) is 11.8. The SMILES string of the molecule is CCOC1=NC(C2=CC3c4ccccc4C=CC3c3ccccc32)=NC(c2c(O)cccc2O)N1. The second kappa shape index (κ2) is 8.47. The summed E-state index contributed by atoms with van der Waals surface area (Å²) in [6.07, 6.45) is 5.97. The van der Waals surface area contributed by atoms with Crippen molar-refractivity contribution in [2.24, 2.45) is 9.98 Å². The minimum Gasteiger partial charge on any atom is -0.507 e. The molecule has 0 saturated carbocycles. The summed E-state index contributed by atoms with van der Waals surface area (Å²) in [7, 11) is 0. The molecule has 0 amide bonds. The maximum atomic E-state index is 10.5. The van der Waals surface area contributed by atoms with Crippen molar-refractivity contribution in [3.05, 3.63) is 107 Å². The maximum Gasteiger partial charge on any atom is 0.293 e. The molecule has 0 radical (unpaired) electrons. The largest absolute Gasteiger partial charge is 0.507 e. The Morgan fingerprint density at radius 1 is 0.886 bits per heavy atom. The molecule has 6 rings (SSSR count). The normalized spacial score (nSPS) is 22.0. The van der Waals surface area contributed by atoms with Crippen LogP contribution >= 0.6 is 0 Å². The van der Waals surface area contributed by atoms with Gasteiger partial charge in [-0.2, -0.15) is 4.99 Å². The van der Waals surface area contributed by atoms with E-state index in [0.29, 0.717) is 18.5 Å². The van der Waals surface area contributed by atoms with Crippen LogP contribution in [0.25, 0.3) is 11.6 Å². The molecule has 0 bridgehead atoms. The van der Waals surface area contributed by atoms with Crippen LogP contribution in [0, 0.1) is 0 Å². The molecule has 1 heterocycles. The van der Waals surface area contributed by atoms with Gasteiger partial charge >= 0.3 is 0 Å². The summed E-state index contributed by atoms with van der Waals surface area (Å²) in [4.78, 5) is 9.56. The third kappa shape index (κ3) is 3.58. The minimum absolute atomic E-state index is 0.0484. The lowest BCUT2D eigenvalue weighted by molar-refractivity contribution is 0.301. The highest BCUT2D eigenvalue weighted by atomic mass is 16.5. The number of rotatable bonds is 3. The average Bonchev–Trinajstić information content (AvgIpc) is 2.88. The molecule has 3 aromatic rings. The van der Waals surface area contributed by atoms with E-state index in [-0.39, 0.29) is 28.9 Å². The van der Waals surface area contributed by atoms with Gasteiger partial charge < -0.3 is 20.3 Å². The van der Waals surface area contributed by atoms with Crippen LogP contribution in [0.5, 0.6) is 11.5 Å². The van der Waals surface area contributed by atoms with Gasteiger partial charge in [0.15, 0.2) is 12.0 Å². The number of fused-ring (bicyclic) bond motifs is 5. The maximum absolute atomic E-state index is 10.5. The van der Waals surface area contributed by atoms with Gasteiger partial charge in [-0.25, -0.2) is 4.99 Å². The third-order valence-corrected chi connectivity index (χ3v) is 6.76. The van der Waals surface area contributed by atoms with E-state index >= 15 is 0 Å². The van der Waals surface area contributed by atoms with E-state index in [1.54, 1.807) is 6.07 Å². The molecule has 3 aromatic carbocycles. The fraction of sp³-hybridized carbons (Fsp3) is 0.172. The summed E-state index contributed by atoms with van der Waals surface area (Å²) < 4.78 is 5.74. The number of nitrogens with one attached hydrogen (secondary N) is 1. The van der Waals surface area contributed by atoms with Crippen molar-refractivity contribution in [2.75, 3.05) is 6.61 Å². The molecule has 2 aliphatic carbocycles. The standard InChI is InChI=1S/C29H25N3O3/c1-2-35-29-31-27(30-28(32-29)26-24(33)12-7-13-25(26)34)23-16-22-18-9-4-3-8-17(18)14-15-21(22)19-10-5-6-11-20(19)23/h3-16,21-22,28,33-34H,2H2,1H3,(H,30,31,32). The van der Waals surface area contributed by atoms with Crippen LogP contribution in [0.4, 0.5) is 0 Å². The van der Waals surface area contributed by atoms with Crippen LogP contribution < -0.4 is 5.32 Å². The van der Waals surface area contributed by atoms with Crippen molar-refractivity contribution in [3.63, 3.8) is 0 Å². The first kappa shape index (κ1) is 21.2. The Labute approximate surface area is 203 Å². The molecule has 0 spiro atoms. The van der Waals surface area contributed by atoms with Crippen LogP contribution in [0.2, 0.25) is 0 Å². The second-order valence-corrected chi connectivity index (χ2v) is 8.77. The summed E-state index contributed by atoms with van der Waals surface area (Å²) in [5, 5.41) is 24.1. The molecular weight excluding hydrogens is 438 g/mol. The number of hydrogen-bond acceptors (Lipinski definition) is 6. The number of phenolic OH excluding ortho intramolecular Hbond substituents is 2. The van der Waals surface area contributed by atoms with Crippen LogP contribution in [0.1, 0.15) is 52.7 Å². The van der Waals surface area contributed by atoms with Gasteiger partial charge in [0.05, 0.1) is 12.2 Å². The molecule has 1 aliphatic heterocycles. The average molecular weight is 464 g/mol. The number of aromatic hydroxyl groups is 2. The van der Waals surface area contributed by atoms with Crippen molar-refractivity contribution < 1.29 is 14.9 Å². The number of allylic oxidation sites excluding steroid dienone is 2. The fourth-order valence-corrected chi connectivity index (χ4v) is 5.20. The van der Waals surface area contributed by atoms with Crippen LogP contribution in [0.15, 0.2) is 88.9 Å². The summed E-state index contributed by atoms with van der Waals surface area (Å²) in [5.74, 6) is 0.764. The molecule has 3 aliphatic rings. The van der Waals surface area contributed by atoms with Gasteiger partial charge in [-0.1, -0.05) is 72.8 Å². The first-order valence-corrected chi connectivity index (χ1v) is 11.8. The van der Waals surface area contributed by atoms with Gasteiger partial charge in [-0.15, -0.1) is 0 Å². The van der Waals surface area contributed by atoms with E-state index in [2.05, 4.69) is 66.0 Å². The quantitative estimate of drug-likeness (QED) is 0.480. The fourth-order valence-electron chi connectivity index (χ4n) is 5.20. The number of aliphatic imine (C=N–C) groups is 2. The lowest BCUT2D eigenvalue weighted by Crippen LogP contribution is -2.35. The zero-order chi connectivity index (χ0) is 23.9. The van der Waals surface area contributed by atoms with Gasteiger partial charge in [0, 0.05) is 17.4 Å². The second-order valence-electron chi connectivity index (χ2n) is 8.77. The molecule has 0 aromatic heterocycles. The van der Waals surface area contributed by atoms with Crippen molar-refractivity contribution in [1.82, 2.24) is 5.32 Å². The molecule has 174 valence electrons. The Bertz CT molecular complexity index is 1420. The van der Waals surface area contributed by atoms with E-state index in [9.17, 15) is 10.2 Å². The smallest absolute Gasteiger partial charge is 0.293 e. The van der Waals surface area contributed by atoms with E-state index in [4.69, 9.17) is 14.7 Å². The zero-order valence-corrected chi connectivity index (χ0v) is 19.2. The van der Waals surface area contributed by atoms with Crippen LogP contribution in [-0.2, 0) is 4.74 Å². The van der Waals surface area contributed by atoms with Gasteiger partial charge in [-0.05, 0) is 41.3 Å². The monoisotopic (exact) mass is 463 g/mol. The highest BCUT2D eigenvalue weighted by Gasteiger charge is 2.35. The van der Waals surface area contributed by atoms with Crippen molar-refractivity contribution in [3.8, 4) is 11.5 Å². The molecule has 0 fully saturated rings. The third-order valence-electron chi connectivity index (χ3n) is 6.76. The number of amidine groups is 2. The highest BCUT2D eigenvalue weighted by molar-refractivity contribution is 6.26. The van der Waals surface area contributed by atoms with Crippen molar-refractivity contribution in [1.29, 1.82) is 0 Å². The van der Waals surface area contributed by atoms with Gasteiger partial charge in [0.2, 0.25) is 0 Å². The summed E-state index contributed by atoms with van der Waals surface area (Å²) in [6, 6.07) is 21.8. The zero-order valence-electron chi connectivity index (χ0n) is 19.2. The van der Waals surface area contributed by atoms with Crippen LogP contribution in [-0.4, -0.2) is 28.7 Å². The molecule has 3 atom stereocenters. The number of benzene rings is 3. The van der Waals surface area contributed by atoms with Gasteiger partial charge in [-0.3, -0.25) is 0 Å².